The Labute approximate surface area is 202 Å². The number of aromatic nitrogens is 1. The highest BCUT2D eigenvalue weighted by atomic mass is 16.5. The molecule has 5 heteroatoms. The first-order valence-corrected chi connectivity index (χ1v) is 12.9. The van der Waals surface area contributed by atoms with Crippen molar-refractivity contribution in [3.05, 3.63) is 72.1 Å². The Morgan fingerprint density at radius 2 is 1.82 bits per heavy atom. The minimum atomic E-state index is -0.0429. The topological polar surface area (TPSA) is 54.5 Å². The number of nitrogens with one attached hydrogen (secondary N) is 1. The number of anilines is 1. The molecule has 2 aliphatic carbocycles. The van der Waals surface area contributed by atoms with Crippen molar-refractivity contribution in [3.8, 4) is 0 Å². The fraction of sp³-hybridized carbons (Fsp3) is 0.517. The van der Waals surface area contributed by atoms with Gasteiger partial charge in [-0.05, 0) is 62.4 Å². The van der Waals surface area contributed by atoms with Crippen LogP contribution < -0.4 is 10.2 Å². The number of hydrogen-bond donors (Lipinski definition) is 1. The normalized spacial score (nSPS) is 26.6. The van der Waals surface area contributed by atoms with Gasteiger partial charge in [0.1, 0.15) is 5.78 Å². The van der Waals surface area contributed by atoms with Crippen LogP contribution in [0.2, 0.25) is 0 Å². The van der Waals surface area contributed by atoms with Crippen LogP contribution in [0.3, 0.4) is 0 Å². The van der Waals surface area contributed by atoms with Crippen LogP contribution in [0.1, 0.15) is 56.2 Å². The van der Waals surface area contributed by atoms with Crippen molar-refractivity contribution < 1.29 is 9.53 Å². The Morgan fingerprint density at radius 1 is 1.03 bits per heavy atom. The minimum absolute atomic E-state index is 0.0429. The van der Waals surface area contributed by atoms with E-state index in [1.165, 1.54) is 16.9 Å². The molecule has 1 aromatic carbocycles. The van der Waals surface area contributed by atoms with Gasteiger partial charge in [0.25, 0.3) is 0 Å². The van der Waals surface area contributed by atoms with E-state index < -0.39 is 0 Å². The molecule has 2 spiro atoms. The molecule has 1 saturated carbocycles. The second-order valence-electron chi connectivity index (χ2n) is 11.1. The van der Waals surface area contributed by atoms with Crippen LogP contribution in [0.5, 0.6) is 0 Å². The molecule has 0 radical (unpaired) electrons. The zero-order valence-corrected chi connectivity index (χ0v) is 20.0. The molecule has 3 fully saturated rings. The van der Waals surface area contributed by atoms with Gasteiger partial charge < -0.3 is 15.0 Å². The second kappa shape index (κ2) is 8.62. The van der Waals surface area contributed by atoms with Gasteiger partial charge in [-0.15, -0.1) is 0 Å². The predicted molar refractivity (Wildman–Crippen MR) is 134 cm³/mol. The van der Waals surface area contributed by atoms with Crippen molar-refractivity contribution in [1.29, 1.82) is 0 Å². The van der Waals surface area contributed by atoms with Crippen LogP contribution in [0, 0.1) is 5.41 Å². The van der Waals surface area contributed by atoms with Gasteiger partial charge in [-0.25, -0.2) is 0 Å². The van der Waals surface area contributed by atoms with Crippen molar-refractivity contribution in [1.82, 2.24) is 10.3 Å². The third-order valence-electron chi connectivity index (χ3n) is 8.63. The monoisotopic (exact) mass is 457 g/mol. The van der Waals surface area contributed by atoms with Crippen molar-refractivity contribution >= 4 is 11.5 Å². The highest BCUT2D eigenvalue weighted by Crippen LogP contribution is 2.49. The molecule has 2 saturated heterocycles. The smallest absolute Gasteiger partial charge is 0.134 e. The molecule has 1 atom stereocenters. The molecule has 3 heterocycles. The van der Waals surface area contributed by atoms with Crippen LogP contribution in [-0.2, 0) is 21.5 Å². The number of Topliss-reactive ketones (excluding diaryl/α,β-unsaturated/α-hetero) is 1. The van der Waals surface area contributed by atoms with Crippen LogP contribution in [0.4, 0.5) is 5.69 Å². The van der Waals surface area contributed by atoms with E-state index in [1.54, 1.807) is 0 Å². The summed E-state index contributed by atoms with van der Waals surface area (Å²) in [5.74, 6) is 0.430. The largest absolute Gasteiger partial charge is 0.374 e. The van der Waals surface area contributed by atoms with Crippen LogP contribution in [0.15, 0.2) is 60.8 Å². The minimum Gasteiger partial charge on any atom is -0.374 e. The van der Waals surface area contributed by atoms with Gasteiger partial charge in [-0.2, -0.15) is 0 Å². The molecule has 4 aliphatic rings. The lowest BCUT2D eigenvalue weighted by Gasteiger charge is -2.56. The molecule has 5 nitrogen and oxygen atoms in total. The lowest BCUT2D eigenvalue weighted by atomic mass is 9.62. The van der Waals surface area contributed by atoms with E-state index in [4.69, 9.17) is 9.72 Å². The average molecular weight is 458 g/mol. The summed E-state index contributed by atoms with van der Waals surface area (Å²) in [6, 6.07) is 15.1. The lowest BCUT2D eigenvalue weighted by Crippen LogP contribution is -2.63. The van der Waals surface area contributed by atoms with Gasteiger partial charge in [0, 0.05) is 67.5 Å². The third kappa shape index (κ3) is 3.99. The first-order valence-electron chi connectivity index (χ1n) is 12.9. The number of pyridine rings is 1. The summed E-state index contributed by atoms with van der Waals surface area (Å²) >= 11 is 0. The molecular weight excluding hydrogens is 422 g/mol. The van der Waals surface area contributed by atoms with Gasteiger partial charge in [0.15, 0.2) is 0 Å². The van der Waals surface area contributed by atoms with Gasteiger partial charge in [0.2, 0.25) is 0 Å². The highest BCUT2D eigenvalue weighted by molar-refractivity contribution is 5.87. The van der Waals surface area contributed by atoms with Crippen LogP contribution >= 0.6 is 0 Å². The molecule has 178 valence electrons. The first kappa shape index (κ1) is 22.0. The molecule has 0 amide bonds. The Morgan fingerprint density at radius 3 is 2.59 bits per heavy atom. The van der Waals surface area contributed by atoms with E-state index >= 15 is 0 Å². The Hall–Kier alpha value is -2.50. The number of ether oxygens (including phenoxy) is 1. The molecule has 2 aromatic rings. The van der Waals surface area contributed by atoms with Gasteiger partial charge in [-0.1, -0.05) is 36.4 Å². The number of nitrogens with zero attached hydrogens (tertiary/aromatic N) is 2. The maximum atomic E-state index is 11.5. The molecule has 2 aliphatic heterocycles. The molecule has 1 N–H and O–H groups in total. The van der Waals surface area contributed by atoms with Crippen molar-refractivity contribution in [2.24, 2.45) is 5.41 Å². The van der Waals surface area contributed by atoms with Gasteiger partial charge in [-0.3, -0.25) is 9.78 Å². The highest BCUT2D eigenvalue weighted by Gasteiger charge is 2.52. The Kier molecular flexibility index (Phi) is 5.57. The standard InChI is InChI=1S/C29H35N3O2/c33-24-17-27(18-24)21-32(22-27)25-8-2-1-7-23(25)19-30-15-12-28(26-9-3-6-14-31-26)13-16-34-29(20-28)10-4-5-11-29/h1-9,14,30H,10-13,15-22H2. The van der Waals surface area contributed by atoms with E-state index in [0.717, 1.165) is 77.7 Å². The fourth-order valence-corrected chi connectivity index (χ4v) is 6.86. The second-order valence-corrected chi connectivity index (χ2v) is 11.1. The van der Waals surface area contributed by atoms with E-state index in [1.807, 2.05) is 12.3 Å². The number of carbonyl (C=O) groups is 1. The maximum absolute atomic E-state index is 11.5. The molecule has 1 unspecified atom stereocenters. The van der Waals surface area contributed by atoms with E-state index in [9.17, 15) is 4.79 Å². The summed E-state index contributed by atoms with van der Waals surface area (Å²) in [4.78, 5) is 18.8. The summed E-state index contributed by atoms with van der Waals surface area (Å²) < 4.78 is 6.34. The summed E-state index contributed by atoms with van der Waals surface area (Å²) in [5.41, 5.74) is 4.17. The first-order chi connectivity index (χ1) is 16.6. The summed E-state index contributed by atoms with van der Waals surface area (Å²) in [7, 11) is 0. The molecule has 0 bridgehead atoms. The van der Waals surface area contributed by atoms with E-state index in [2.05, 4.69) is 58.8 Å². The summed E-state index contributed by atoms with van der Waals surface area (Å²) in [6.07, 6.45) is 13.2. The number of para-hydroxylation sites is 1. The van der Waals surface area contributed by atoms with Crippen molar-refractivity contribution in [3.63, 3.8) is 0 Å². The number of carbonyl (C=O) groups excluding carboxylic acids is 1. The molecule has 34 heavy (non-hydrogen) atoms. The quantitative estimate of drug-likeness (QED) is 0.488. The van der Waals surface area contributed by atoms with E-state index in [0.29, 0.717) is 5.78 Å². The third-order valence-corrected chi connectivity index (χ3v) is 8.63. The van der Waals surface area contributed by atoms with E-state index in [-0.39, 0.29) is 16.4 Å². The van der Waals surface area contributed by atoms with Crippen LogP contribution in [0.25, 0.3) is 0 Å². The Bertz CT molecular complexity index is 1060. The zero-order chi connectivity index (χ0) is 23.1. The molecule has 1 aromatic heterocycles. The van der Waals surface area contributed by atoms with Crippen molar-refractivity contribution in [2.45, 2.75) is 62.5 Å². The average Bonchev–Trinajstić information content (AvgIpc) is 3.26. The zero-order valence-electron chi connectivity index (χ0n) is 20.0. The maximum Gasteiger partial charge on any atom is 0.134 e. The molecular formula is C29H35N3O2. The number of benzene rings is 1. The Balaban J connectivity index is 1.11. The van der Waals surface area contributed by atoms with Gasteiger partial charge >= 0.3 is 0 Å². The summed E-state index contributed by atoms with van der Waals surface area (Å²) in [5, 5.41) is 3.76. The SMILES string of the molecule is O=C1CC2(C1)CN(c1ccccc1CNCCC1(c3ccccn3)CCOC3(CC=CC3)C1)C2. The number of rotatable bonds is 7. The summed E-state index contributed by atoms with van der Waals surface area (Å²) in [6.45, 7) is 4.66. The lowest BCUT2D eigenvalue weighted by molar-refractivity contribution is -0.134. The molecule has 6 rings (SSSR count). The fourth-order valence-electron chi connectivity index (χ4n) is 6.86. The number of hydrogen-bond acceptors (Lipinski definition) is 5. The van der Waals surface area contributed by atoms with Crippen LogP contribution in [-0.4, -0.2) is 42.6 Å². The van der Waals surface area contributed by atoms with Gasteiger partial charge in [0.05, 0.1) is 5.60 Å². The van der Waals surface area contributed by atoms with Crippen molar-refractivity contribution in [2.75, 3.05) is 31.1 Å². The predicted octanol–water partition coefficient (Wildman–Crippen LogP) is 4.57. The number of ketones is 1.